The van der Waals surface area contributed by atoms with Gasteiger partial charge in [-0.25, -0.2) is 14.4 Å². The number of fused-ring (bicyclic) bond motifs is 1. The summed E-state index contributed by atoms with van der Waals surface area (Å²) in [5.41, 5.74) is 2.97. The molecule has 170 valence electrons. The van der Waals surface area contributed by atoms with Crippen molar-refractivity contribution in [1.82, 2.24) is 20.2 Å². The highest BCUT2D eigenvalue weighted by atomic mass is 19.1. The molecule has 4 rings (SSSR count). The molecule has 2 aliphatic heterocycles. The Bertz CT molecular complexity index is 1010. The summed E-state index contributed by atoms with van der Waals surface area (Å²) in [6, 6.07) is 6.47. The van der Waals surface area contributed by atoms with Crippen LogP contribution in [-0.2, 0) is 22.6 Å². The molecule has 32 heavy (non-hydrogen) atoms. The Labute approximate surface area is 188 Å². The van der Waals surface area contributed by atoms with E-state index in [0.717, 1.165) is 61.3 Å². The monoisotopic (exact) mass is 439 g/mol. The first-order chi connectivity index (χ1) is 15.4. The van der Waals surface area contributed by atoms with Crippen LogP contribution in [0.4, 0.5) is 10.2 Å². The van der Waals surface area contributed by atoms with Crippen LogP contribution in [0.5, 0.6) is 0 Å². The maximum Gasteiger partial charge on any atom is 0.242 e. The number of rotatable bonds is 5. The van der Waals surface area contributed by atoms with Crippen LogP contribution in [0.3, 0.4) is 0 Å². The zero-order valence-electron chi connectivity index (χ0n) is 18.7. The van der Waals surface area contributed by atoms with Crippen LogP contribution < -0.4 is 10.2 Å². The predicted molar refractivity (Wildman–Crippen MR) is 120 cm³/mol. The molecule has 3 heterocycles. The van der Waals surface area contributed by atoms with Crippen molar-refractivity contribution in [2.75, 3.05) is 24.5 Å². The van der Waals surface area contributed by atoms with Gasteiger partial charge in [-0.1, -0.05) is 12.1 Å². The van der Waals surface area contributed by atoms with Crippen LogP contribution >= 0.6 is 0 Å². The molecule has 7 nitrogen and oxygen atoms in total. The standard InChI is InChI=1S/C24H30FN5O2/c1-16-20-9-6-11-29(15-18-7-5-8-19(25)13-18)24(20)28-23(27-16)21-10-3-4-12-30(21)22(32)14-26-17(2)31/h5,7-8,13,21H,3-4,6,9-12,14-15H2,1-2H3,(H,26,31). The summed E-state index contributed by atoms with van der Waals surface area (Å²) in [7, 11) is 0. The van der Waals surface area contributed by atoms with E-state index in [-0.39, 0.29) is 30.2 Å². The molecule has 1 aromatic carbocycles. The molecule has 1 aromatic heterocycles. The van der Waals surface area contributed by atoms with E-state index in [0.29, 0.717) is 18.9 Å². The number of halogens is 1. The van der Waals surface area contributed by atoms with Gasteiger partial charge in [-0.2, -0.15) is 0 Å². The molecule has 8 heteroatoms. The van der Waals surface area contributed by atoms with Crippen molar-refractivity contribution in [3.8, 4) is 0 Å². The summed E-state index contributed by atoms with van der Waals surface area (Å²) >= 11 is 0. The number of amides is 2. The molecule has 1 atom stereocenters. The molecule has 2 aromatic rings. The maximum absolute atomic E-state index is 13.7. The first-order valence-corrected chi connectivity index (χ1v) is 11.3. The van der Waals surface area contributed by atoms with Gasteiger partial charge in [-0.05, 0) is 56.7 Å². The van der Waals surface area contributed by atoms with E-state index in [4.69, 9.17) is 9.97 Å². The van der Waals surface area contributed by atoms with Crippen molar-refractivity contribution >= 4 is 17.6 Å². The third-order valence-corrected chi connectivity index (χ3v) is 6.24. The number of anilines is 1. The number of aryl methyl sites for hydroxylation is 1. The smallest absolute Gasteiger partial charge is 0.242 e. The van der Waals surface area contributed by atoms with Crippen LogP contribution in [-0.4, -0.2) is 46.3 Å². The lowest BCUT2D eigenvalue weighted by atomic mass is 9.99. The molecule has 0 aliphatic carbocycles. The molecular formula is C24H30FN5O2. The lowest BCUT2D eigenvalue weighted by Gasteiger charge is -2.37. The second-order valence-corrected chi connectivity index (χ2v) is 8.63. The minimum atomic E-state index is -0.241. The third-order valence-electron chi connectivity index (χ3n) is 6.24. The average molecular weight is 440 g/mol. The molecule has 1 fully saturated rings. The molecule has 1 unspecified atom stereocenters. The van der Waals surface area contributed by atoms with Gasteiger partial charge >= 0.3 is 0 Å². The number of hydrogen-bond donors (Lipinski definition) is 1. The Hall–Kier alpha value is -3.03. The summed E-state index contributed by atoms with van der Waals surface area (Å²) in [6.45, 7) is 5.45. The number of benzene rings is 1. The number of carbonyl (C=O) groups excluding carboxylic acids is 2. The van der Waals surface area contributed by atoms with Crippen LogP contribution in [0, 0.1) is 12.7 Å². The van der Waals surface area contributed by atoms with Crippen molar-refractivity contribution in [1.29, 1.82) is 0 Å². The Kier molecular flexibility index (Phi) is 6.67. The first-order valence-electron chi connectivity index (χ1n) is 11.3. The number of nitrogens with one attached hydrogen (secondary N) is 1. The quantitative estimate of drug-likeness (QED) is 0.775. The molecule has 1 saturated heterocycles. The van der Waals surface area contributed by atoms with Gasteiger partial charge in [0.25, 0.3) is 0 Å². The van der Waals surface area contributed by atoms with Crippen molar-refractivity contribution in [2.24, 2.45) is 0 Å². The van der Waals surface area contributed by atoms with E-state index < -0.39 is 0 Å². The fraction of sp³-hybridized carbons (Fsp3) is 0.500. The van der Waals surface area contributed by atoms with Crippen LogP contribution in [0.15, 0.2) is 24.3 Å². The maximum atomic E-state index is 13.7. The van der Waals surface area contributed by atoms with Crippen molar-refractivity contribution < 1.29 is 14.0 Å². The SMILES string of the molecule is CC(=O)NCC(=O)N1CCCCC1c1nc(C)c2c(n1)N(Cc1cccc(F)c1)CCC2. The Balaban J connectivity index is 1.63. The van der Waals surface area contributed by atoms with Gasteiger partial charge < -0.3 is 15.1 Å². The minimum Gasteiger partial charge on any atom is -0.352 e. The van der Waals surface area contributed by atoms with E-state index in [1.807, 2.05) is 13.0 Å². The number of carbonyl (C=O) groups is 2. The van der Waals surface area contributed by atoms with E-state index in [1.165, 1.54) is 13.0 Å². The Morgan fingerprint density at radius 2 is 2.03 bits per heavy atom. The van der Waals surface area contributed by atoms with E-state index >= 15 is 0 Å². The first kappa shape index (κ1) is 22.2. The van der Waals surface area contributed by atoms with Crippen LogP contribution in [0.1, 0.15) is 61.3 Å². The number of hydrogen-bond acceptors (Lipinski definition) is 5. The number of likely N-dealkylation sites (tertiary alicyclic amines) is 1. The molecule has 1 N–H and O–H groups in total. The van der Waals surface area contributed by atoms with E-state index in [1.54, 1.807) is 17.0 Å². The fourth-order valence-electron chi connectivity index (χ4n) is 4.67. The van der Waals surface area contributed by atoms with Gasteiger partial charge in [-0.3, -0.25) is 9.59 Å². The zero-order chi connectivity index (χ0) is 22.7. The zero-order valence-corrected chi connectivity index (χ0v) is 18.7. The summed E-state index contributed by atoms with van der Waals surface area (Å²) in [4.78, 5) is 37.8. The molecular weight excluding hydrogens is 409 g/mol. The topological polar surface area (TPSA) is 78.4 Å². The highest BCUT2D eigenvalue weighted by Crippen LogP contribution is 2.34. The summed E-state index contributed by atoms with van der Waals surface area (Å²) in [6.07, 6.45) is 4.64. The van der Waals surface area contributed by atoms with Gasteiger partial charge in [0.2, 0.25) is 11.8 Å². The van der Waals surface area contributed by atoms with Crippen LogP contribution in [0.2, 0.25) is 0 Å². The lowest BCUT2D eigenvalue weighted by molar-refractivity contribution is -0.136. The molecule has 0 spiro atoms. The lowest BCUT2D eigenvalue weighted by Crippen LogP contribution is -2.44. The number of piperidine rings is 1. The summed E-state index contributed by atoms with van der Waals surface area (Å²) < 4.78 is 13.7. The van der Waals surface area contributed by atoms with E-state index in [2.05, 4.69) is 10.2 Å². The second-order valence-electron chi connectivity index (χ2n) is 8.63. The van der Waals surface area contributed by atoms with Gasteiger partial charge in [0.15, 0.2) is 5.82 Å². The average Bonchev–Trinajstić information content (AvgIpc) is 2.78. The minimum absolute atomic E-state index is 0.0124. The van der Waals surface area contributed by atoms with Gasteiger partial charge in [0.05, 0.1) is 12.6 Å². The van der Waals surface area contributed by atoms with Crippen molar-refractivity contribution in [2.45, 2.75) is 58.5 Å². The highest BCUT2D eigenvalue weighted by molar-refractivity contribution is 5.84. The number of aromatic nitrogens is 2. The van der Waals surface area contributed by atoms with Crippen molar-refractivity contribution in [3.05, 3.63) is 52.7 Å². The summed E-state index contributed by atoms with van der Waals surface area (Å²) in [5, 5.41) is 2.61. The summed E-state index contributed by atoms with van der Waals surface area (Å²) in [5.74, 6) is 0.974. The molecule has 2 aliphatic rings. The Morgan fingerprint density at radius 3 is 2.81 bits per heavy atom. The second kappa shape index (κ2) is 9.63. The predicted octanol–water partition coefficient (Wildman–Crippen LogP) is 3.07. The molecule has 0 saturated carbocycles. The normalized spacial score (nSPS) is 18.3. The van der Waals surface area contributed by atoms with Crippen molar-refractivity contribution in [3.63, 3.8) is 0 Å². The molecule has 0 radical (unpaired) electrons. The largest absolute Gasteiger partial charge is 0.352 e. The fourth-order valence-corrected chi connectivity index (χ4v) is 4.67. The highest BCUT2D eigenvalue weighted by Gasteiger charge is 2.32. The Morgan fingerprint density at radius 1 is 1.19 bits per heavy atom. The number of nitrogens with zero attached hydrogens (tertiary/aromatic N) is 4. The van der Waals surface area contributed by atoms with E-state index in [9.17, 15) is 14.0 Å². The van der Waals surface area contributed by atoms with Crippen LogP contribution in [0.25, 0.3) is 0 Å². The van der Waals surface area contributed by atoms with Gasteiger partial charge in [-0.15, -0.1) is 0 Å². The van der Waals surface area contributed by atoms with Gasteiger partial charge in [0.1, 0.15) is 11.6 Å². The molecule has 2 amide bonds. The van der Waals surface area contributed by atoms with Gasteiger partial charge in [0, 0.05) is 37.8 Å². The third kappa shape index (κ3) is 4.89. The molecule has 0 bridgehead atoms.